The van der Waals surface area contributed by atoms with Crippen LogP contribution in [-0.2, 0) is 0 Å². The molecule has 0 aliphatic heterocycles. The molecule has 0 spiro atoms. The van der Waals surface area contributed by atoms with Gasteiger partial charge in [0.25, 0.3) is 0 Å². The van der Waals surface area contributed by atoms with Gasteiger partial charge in [0.1, 0.15) is 22.3 Å². The van der Waals surface area contributed by atoms with Gasteiger partial charge < -0.3 is 13.7 Å². The number of rotatable bonds is 7. The van der Waals surface area contributed by atoms with Gasteiger partial charge in [-0.15, -0.1) is 0 Å². The van der Waals surface area contributed by atoms with E-state index < -0.39 is 0 Å². The van der Waals surface area contributed by atoms with Crippen LogP contribution in [0.4, 0.5) is 17.1 Å². The third-order valence-electron chi connectivity index (χ3n) is 13.1. The summed E-state index contributed by atoms with van der Waals surface area (Å²) in [5.41, 5.74) is 15.9. The molecule has 3 nitrogen and oxygen atoms in total. The molecule has 13 rings (SSSR count). The summed E-state index contributed by atoms with van der Waals surface area (Å²) in [5.74, 6) is 0. The van der Waals surface area contributed by atoms with E-state index in [0.29, 0.717) is 0 Å². The van der Waals surface area contributed by atoms with Gasteiger partial charge in [-0.05, 0) is 116 Å². The monoisotopic (exact) mass is 829 g/mol. The Hall–Kier alpha value is -8.66. The van der Waals surface area contributed by atoms with Gasteiger partial charge in [-0.2, -0.15) is 0 Å². The van der Waals surface area contributed by atoms with Crippen LogP contribution in [0.25, 0.3) is 110 Å². The average Bonchev–Trinajstić information content (AvgIpc) is 3.97. The van der Waals surface area contributed by atoms with Gasteiger partial charge in [-0.1, -0.05) is 176 Å². The average molecular weight is 830 g/mol. The number of furan rings is 2. The van der Waals surface area contributed by atoms with Crippen LogP contribution >= 0.6 is 0 Å². The second-order valence-corrected chi connectivity index (χ2v) is 16.8. The largest absolute Gasteiger partial charge is 0.455 e. The molecule has 3 heteroatoms. The van der Waals surface area contributed by atoms with Gasteiger partial charge in [0, 0.05) is 49.7 Å². The van der Waals surface area contributed by atoms with Gasteiger partial charge in [0.2, 0.25) is 0 Å². The van der Waals surface area contributed by atoms with E-state index in [1.165, 1.54) is 38.2 Å². The number of benzene rings is 11. The lowest BCUT2D eigenvalue weighted by molar-refractivity contribution is 0.670. The van der Waals surface area contributed by atoms with Crippen molar-refractivity contribution >= 4 is 82.5 Å². The van der Waals surface area contributed by atoms with Gasteiger partial charge >= 0.3 is 0 Å². The molecule has 2 aromatic heterocycles. The molecule has 0 aliphatic carbocycles. The normalized spacial score (nSPS) is 11.7. The molecule has 13 aromatic rings. The van der Waals surface area contributed by atoms with Crippen LogP contribution in [0.2, 0.25) is 0 Å². The number of hydrogen-bond donors (Lipinski definition) is 0. The Bertz CT molecular complexity index is 3700. The first-order chi connectivity index (χ1) is 32.2. The minimum atomic E-state index is 0.895. The molecule has 0 saturated carbocycles. The van der Waals surface area contributed by atoms with Crippen LogP contribution in [-0.4, -0.2) is 0 Å². The van der Waals surface area contributed by atoms with E-state index >= 15 is 0 Å². The van der Waals surface area contributed by atoms with Crippen molar-refractivity contribution in [3.63, 3.8) is 0 Å². The third kappa shape index (κ3) is 6.20. The summed E-state index contributed by atoms with van der Waals surface area (Å²) < 4.78 is 13.3. The maximum absolute atomic E-state index is 6.64. The maximum Gasteiger partial charge on any atom is 0.143 e. The minimum absolute atomic E-state index is 0.895. The summed E-state index contributed by atoms with van der Waals surface area (Å²) in [5, 5.41) is 9.34. The van der Waals surface area contributed by atoms with E-state index in [-0.39, 0.29) is 0 Å². The minimum Gasteiger partial charge on any atom is -0.455 e. The quantitative estimate of drug-likeness (QED) is 0.160. The Morgan fingerprint density at radius 2 is 0.585 bits per heavy atom. The Balaban J connectivity index is 0.918. The summed E-state index contributed by atoms with van der Waals surface area (Å²) >= 11 is 0. The lowest BCUT2D eigenvalue weighted by atomic mass is 9.96. The van der Waals surface area contributed by atoms with Crippen molar-refractivity contribution in [2.24, 2.45) is 0 Å². The van der Waals surface area contributed by atoms with Crippen molar-refractivity contribution in [1.82, 2.24) is 0 Å². The molecule has 0 radical (unpaired) electrons. The second-order valence-electron chi connectivity index (χ2n) is 16.8. The smallest absolute Gasteiger partial charge is 0.143 e. The van der Waals surface area contributed by atoms with Crippen molar-refractivity contribution in [3.8, 4) is 44.5 Å². The van der Waals surface area contributed by atoms with Crippen LogP contribution in [0.1, 0.15) is 0 Å². The van der Waals surface area contributed by atoms with Crippen LogP contribution in [0.3, 0.4) is 0 Å². The summed E-state index contributed by atoms with van der Waals surface area (Å²) in [7, 11) is 0. The number of nitrogens with zero attached hydrogens (tertiary/aromatic N) is 1. The molecular formula is C62H39NO2. The van der Waals surface area contributed by atoms with Crippen molar-refractivity contribution in [2.75, 3.05) is 4.90 Å². The Labute approximate surface area is 375 Å². The van der Waals surface area contributed by atoms with E-state index in [1.807, 2.05) is 12.1 Å². The predicted octanol–water partition coefficient (Wildman–Crippen LogP) is 17.9. The topological polar surface area (TPSA) is 29.5 Å². The molecule has 0 unspecified atom stereocenters. The molecule has 2 heterocycles. The van der Waals surface area contributed by atoms with E-state index in [1.54, 1.807) is 0 Å². The van der Waals surface area contributed by atoms with Crippen molar-refractivity contribution in [2.45, 2.75) is 0 Å². The Morgan fingerprint density at radius 1 is 0.262 bits per heavy atom. The molecular weight excluding hydrogens is 791 g/mol. The molecule has 0 N–H and O–H groups in total. The molecule has 0 amide bonds. The fraction of sp³-hybridized carbons (Fsp3) is 0. The lowest BCUT2D eigenvalue weighted by Gasteiger charge is -2.26. The molecule has 0 atom stereocenters. The van der Waals surface area contributed by atoms with Crippen LogP contribution in [0, 0.1) is 0 Å². The first-order valence-electron chi connectivity index (χ1n) is 22.1. The van der Waals surface area contributed by atoms with Gasteiger partial charge in [0.15, 0.2) is 0 Å². The van der Waals surface area contributed by atoms with Crippen LogP contribution in [0.5, 0.6) is 0 Å². The third-order valence-corrected chi connectivity index (χ3v) is 13.1. The van der Waals surface area contributed by atoms with Crippen molar-refractivity contribution in [1.29, 1.82) is 0 Å². The zero-order valence-corrected chi connectivity index (χ0v) is 35.3. The van der Waals surface area contributed by atoms with Gasteiger partial charge in [-0.25, -0.2) is 0 Å². The molecule has 0 bridgehead atoms. The predicted molar refractivity (Wildman–Crippen MR) is 272 cm³/mol. The van der Waals surface area contributed by atoms with Crippen LogP contribution in [0.15, 0.2) is 245 Å². The number of hydrogen-bond acceptors (Lipinski definition) is 3. The summed E-state index contributed by atoms with van der Waals surface area (Å²) in [4.78, 5) is 2.34. The summed E-state index contributed by atoms with van der Waals surface area (Å²) in [6, 6.07) is 84.5. The Kier molecular flexibility index (Phi) is 8.53. The highest BCUT2D eigenvalue weighted by Gasteiger charge is 2.20. The van der Waals surface area contributed by atoms with Crippen molar-refractivity contribution < 1.29 is 8.83 Å². The zero-order chi connectivity index (χ0) is 42.8. The fourth-order valence-corrected chi connectivity index (χ4v) is 9.89. The highest BCUT2D eigenvalue weighted by molar-refractivity contribution is 6.23. The number of para-hydroxylation sites is 2. The summed E-state index contributed by atoms with van der Waals surface area (Å²) in [6.07, 6.45) is 0. The summed E-state index contributed by atoms with van der Waals surface area (Å²) in [6.45, 7) is 0. The SMILES string of the molecule is c1ccc(-c2ccc(-c3ccc(N(c4ccc(-c5cc6ccccc6c6c5oc5ccccc56)cc4)c4ccc(-c5cc6ccccc6c6c5oc5ccccc56)cc4)cc3)cc2)cc1. The van der Waals surface area contributed by atoms with E-state index in [0.717, 1.165) is 88.8 Å². The molecule has 0 fully saturated rings. The molecule has 0 saturated heterocycles. The maximum atomic E-state index is 6.64. The number of anilines is 3. The highest BCUT2D eigenvalue weighted by atomic mass is 16.3. The number of fused-ring (bicyclic) bond motifs is 10. The molecule has 11 aromatic carbocycles. The van der Waals surface area contributed by atoms with E-state index in [2.05, 4.69) is 229 Å². The molecule has 304 valence electrons. The fourth-order valence-electron chi connectivity index (χ4n) is 9.89. The first-order valence-corrected chi connectivity index (χ1v) is 22.1. The van der Waals surface area contributed by atoms with Gasteiger partial charge in [0.05, 0.1) is 0 Å². The standard InChI is InChI=1S/C62H39NO2/c1-2-12-40(13-3-1)41-22-24-42(25-23-41)43-26-32-48(33-27-43)63(49-34-28-44(29-35-49)55-38-46-14-4-6-16-51(46)59-53-18-8-10-20-57(53)64-61(55)59)50-36-30-45(31-37-50)56-39-47-15-5-7-17-52(47)60-54-19-9-11-21-58(54)65-62(56)60/h1-39H. The van der Waals surface area contributed by atoms with Gasteiger partial charge in [-0.3, -0.25) is 0 Å². The molecule has 0 aliphatic rings. The lowest BCUT2D eigenvalue weighted by Crippen LogP contribution is -2.09. The Morgan fingerprint density at radius 3 is 1.02 bits per heavy atom. The second kappa shape index (κ2) is 15.0. The molecule has 65 heavy (non-hydrogen) atoms. The first kappa shape index (κ1) is 36.9. The van der Waals surface area contributed by atoms with Crippen LogP contribution < -0.4 is 4.90 Å². The van der Waals surface area contributed by atoms with E-state index in [9.17, 15) is 0 Å². The zero-order valence-electron chi connectivity index (χ0n) is 35.3. The highest BCUT2D eigenvalue weighted by Crippen LogP contribution is 2.45. The van der Waals surface area contributed by atoms with E-state index in [4.69, 9.17) is 8.83 Å². The van der Waals surface area contributed by atoms with Crippen molar-refractivity contribution in [3.05, 3.63) is 237 Å².